The zero-order valence-corrected chi connectivity index (χ0v) is 15.9. The Morgan fingerprint density at radius 1 is 1.12 bits per heavy atom. The molecule has 6 nitrogen and oxygen atoms in total. The van der Waals surface area contributed by atoms with Gasteiger partial charge in [-0.2, -0.15) is 0 Å². The lowest BCUT2D eigenvalue weighted by Crippen LogP contribution is -2.51. The molecule has 3 fully saturated rings. The first-order valence-corrected chi connectivity index (χ1v) is 10.2. The summed E-state index contributed by atoms with van der Waals surface area (Å²) >= 11 is 0. The minimum Gasteiger partial charge on any atom is -0.368 e. The predicted molar refractivity (Wildman–Crippen MR) is 103 cm³/mol. The fraction of sp³-hybridized carbons (Fsp3) is 0.700. The molecule has 1 amide bonds. The number of aryl methyl sites for hydroxylation is 1. The van der Waals surface area contributed by atoms with Gasteiger partial charge in [-0.1, -0.05) is 0 Å². The molecule has 1 unspecified atom stereocenters. The third-order valence-electron chi connectivity index (χ3n) is 5.93. The fourth-order valence-corrected chi connectivity index (χ4v) is 4.42. The molecule has 1 N–H and O–H groups in total. The zero-order chi connectivity index (χ0) is 17.9. The van der Waals surface area contributed by atoms with E-state index in [1.165, 1.54) is 37.1 Å². The Morgan fingerprint density at radius 2 is 1.88 bits per heavy atom. The summed E-state index contributed by atoms with van der Waals surface area (Å²) in [5.41, 5.74) is 3.51. The zero-order valence-electron chi connectivity index (χ0n) is 15.9. The summed E-state index contributed by atoms with van der Waals surface area (Å²) in [5.74, 6) is 0.299. The van der Waals surface area contributed by atoms with E-state index in [4.69, 9.17) is 4.98 Å². The second-order valence-electron chi connectivity index (χ2n) is 7.89. The SMILES string of the molecule is Cc1cc(N2CCN(C(=O)CN3CCCC3)CC2)cc(C2CCCN2)n1. The smallest absolute Gasteiger partial charge is 0.236 e. The number of aromatic nitrogens is 1. The molecule has 4 heterocycles. The van der Waals surface area contributed by atoms with E-state index in [-0.39, 0.29) is 0 Å². The number of nitrogens with zero attached hydrogens (tertiary/aromatic N) is 4. The highest BCUT2D eigenvalue weighted by Gasteiger charge is 2.25. The quantitative estimate of drug-likeness (QED) is 0.886. The molecule has 6 heteroatoms. The van der Waals surface area contributed by atoms with Gasteiger partial charge in [-0.3, -0.25) is 14.7 Å². The van der Waals surface area contributed by atoms with Crippen molar-refractivity contribution in [3.63, 3.8) is 0 Å². The van der Waals surface area contributed by atoms with Gasteiger partial charge in [-0.15, -0.1) is 0 Å². The first-order valence-electron chi connectivity index (χ1n) is 10.2. The van der Waals surface area contributed by atoms with Gasteiger partial charge in [0.05, 0.1) is 12.2 Å². The number of pyridine rings is 1. The van der Waals surface area contributed by atoms with E-state index < -0.39 is 0 Å². The molecule has 142 valence electrons. The molecule has 0 radical (unpaired) electrons. The number of likely N-dealkylation sites (tertiary alicyclic amines) is 1. The second-order valence-corrected chi connectivity index (χ2v) is 7.89. The van der Waals surface area contributed by atoms with Crippen LogP contribution in [-0.2, 0) is 4.79 Å². The van der Waals surface area contributed by atoms with Crippen molar-refractivity contribution < 1.29 is 4.79 Å². The standard InChI is InChI=1S/C20H31N5O/c1-16-13-17(14-19(22-16)18-5-4-6-21-18)24-9-11-25(12-10-24)20(26)15-23-7-2-3-8-23/h13-14,18,21H,2-12,15H2,1H3. The lowest BCUT2D eigenvalue weighted by atomic mass is 10.1. The van der Waals surface area contributed by atoms with Crippen molar-refractivity contribution >= 4 is 11.6 Å². The number of anilines is 1. The molecule has 4 rings (SSSR count). The van der Waals surface area contributed by atoms with Gasteiger partial charge in [-0.05, 0) is 64.4 Å². The maximum absolute atomic E-state index is 12.5. The van der Waals surface area contributed by atoms with Crippen molar-refractivity contribution in [2.75, 3.05) is 57.3 Å². The van der Waals surface area contributed by atoms with Crippen LogP contribution in [0.2, 0.25) is 0 Å². The average molecular weight is 358 g/mol. The number of nitrogens with one attached hydrogen (secondary N) is 1. The minimum atomic E-state index is 0.299. The molecular formula is C20H31N5O. The number of carbonyl (C=O) groups excluding carboxylic acids is 1. The highest BCUT2D eigenvalue weighted by Crippen LogP contribution is 2.26. The van der Waals surface area contributed by atoms with Gasteiger partial charge in [0.2, 0.25) is 5.91 Å². The monoisotopic (exact) mass is 357 g/mol. The van der Waals surface area contributed by atoms with Gasteiger partial charge in [0.25, 0.3) is 0 Å². The van der Waals surface area contributed by atoms with Crippen molar-refractivity contribution in [1.29, 1.82) is 0 Å². The van der Waals surface area contributed by atoms with Crippen LogP contribution in [-0.4, -0.2) is 73.0 Å². The molecular weight excluding hydrogens is 326 g/mol. The Hall–Kier alpha value is -1.66. The van der Waals surface area contributed by atoms with E-state index in [9.17, 15) is 4.79 Å². The summed E-state index contributed by atoms with van der Waals surface area (Å²) in [6.07, 6.45) is 4.88. The Kier molecular flexibility index (Phi) is 5.41. The molecule has 26 heavy (non-hydrogen) atoms. The van der Waals surface area contributed by atoms with E-state index in [0.29, 0.717) is 18.5 Å². The van der Waals surface area contributed by atoms with E-state index in [0.717, 1.165) is 51.5 Å². The molecule has 1 atom stereocenters. The largest absolute Gasteiger partial charge is 0.368 e. The summed E-state index contributed by atoms with van der Waals surface area (Å²) in [6, 6.07) is 4.83. The highest BCUT2D eigenvalue weighted by atomic mass is 16.2. The number of hydrogen-bond donors (Lipinski definition) is 1. The molecule has 0 aromatic carbocycles. The third kappa shape index (κ3) is 4.01. The van der Waals surface area contributed by atoms with Crippen LogP contribution < -0.4 is 10.2 Å². The summed E-state index contributed by atoms with van der Waals surface area (Å²) < 4.78 is 0. The first kappa shape index (κ1) is 17.7. The van der Waals surface area contributed by atoms with Gasteiger partial charge >= 0.3 is 0 Å². The molecule has 3 aliphatic heterocycles. The normalized spacial score (nSPS) is 24.4. The maximum Gasteiger partial charge on any atom is 0.236 e. The highest BCUT2D eigenvalue weighted by molar-refractivity contribution is 5.78. The van der Waals surface area contributed by atoms with Crippen LogP contribution in [0.25, 0.3) is 0 Å². The van der Waals surface area contributed by atoms with Gasteiger partial charge in [0, 0.05) is 43.6 Å². The summed E-state index contributed by atoms with van der Waals surface area (Å²) in [7, 11) is 0. The topological polar surface area (TPSA) is 51.7 Å². The molecule has 1 aromatic rings. The molecule has 0 bridgehead atoms. The van der Waals surface area contributed by atoms with Crippen molar-refractivity contribution in [3.05, 3.63) is 23.5 Å². The van der Waals surface area contributed by atoms with E-state index in [1.807, 2.05) is 4.90 Å². The van der Waals surface area contributed by atoms with Crippen LogP contribution >= 0.6 is 0 Å². The maximum atomic E-state index is 12.5. The summed E-state index contributed by atoms with van der Waals surface area (Å²) in [4.78, 5) is 24.0. The van der Waals surface area contributed by atoms with Gasteiger partial charge in [-0.25, -0.2) is 0 Å². The van der Waals surface area contributed by atoms with Crippen LogP contribution in [0.5, 0.6) is 0 Å². The van der Waals surface area contributed by atoms with Crippen molar-refractivity contribution in [2.45, 2.75) is 38.6 Å². The first-order chi connectivity index (χ1) is 12.7. The van der Waals surface area contributed by atoms with Gasteiger partial charge in [0.1, 0.15) is 0 Å². The Labute approximate surface area is 156 Å². The predicted octanol–water partition coefficient (Wildman–Crippen LogP) is 1.56. The van der Waals surface area contributed by atoms with E-state index in [2.05, 4.69) is 34.2 Å². The lowest BCUT2D eigenvalue weighted by Gasteiger charge is -2.37. The van der Waals surface area contributed by atoms with Gasteiger partial charge in [0.15, 0.2) is 0 Å². The Balaban J connectivity index is 1.36. The van der Waals surface area contributed by atoms with E-state index in [1.54, 1.807) is 0 Å². The Bertz CT molecular complexity index is 629. The summed E-state index contributed by atoms with van der Waals surface area (Å²) in [5, 5.41) is 3.55. The molecule has 3 aliphatic rings. The lowest BCUT2D eigenvalue weighted by molar-refractivity contribution is -0.132. The van der Waals surface area contributed by atoms with Crippen molar-refractivity contribution in [1.82, 2.24) is 20.1 Å². The summed E-state index contributed by atoms with van der Waals surface area (Å²) in [6.45, 7) is 9.41. The second kappa shape index (κ2) is 7.92. The number of hydrogen-bond acceptors (Lipinski definition) is 5. The third-order valence-corrected chi connectivity index (χ3v) is 5.93. The van der Waals surface area contributed by atoms with Crippen molar-refractivity contribution in [3.8, 4) is 0 Å². The van der Waals surface area contributed by atoms with Crippen LogP contribution in [0.15, 0.2) is 12.1 Å². The number of amides is 1. The number of piperazine rings is 1. The van der Waals surface area contributed by atoms with Crippen LogP contribution in [0.4, 0.5) is 5.69 Å². The molecule has 0 saturated carbocycles. The van der Waals surface area contributed by atoms with Crippen LogP contribution in [0, 0.1) is 6.92 Å². The fourth-order valence-electron chi connectivity index (χ4n) is 4.42. The molecule has 1 aromatic heterocycles. The Morgan fingerprint density at radius 3 is 2.58 bits per heavy atom. The molecule has 0 aliphatic carbocycles. The van der Waals surface area contributed by atoms with Crippen LogP contribution in [0.3, 0.4) is 0 Å². The average Bonchev–Trinajstić information content (AvgIpc) is 3.35. The number of rotatable bonds is 4. The molecule has 0 spiro atoms. The van der Waals surface area contributed by atoms with Crippen molar-refractivity contribution in [2.24, 2.45) is 0 Å². The van der Waals surface area contributed by atoms with Gasteiger partial charge < -0.3 is 15.1 Å². The van der Waals surface area contributed by atoms with Crippen LogP contribution in [0.1, 0.15) is 43.1 Å². The molecule has 3 saturated heterocycles. The minimum absolute atomic E-state index is 0.299. The number of carbonyl (C=O) groups is 1. The van der Waals surface area contributed by atoms with E-state index >= 15 is 0 Å².